The number of nitro groups is 1. The number of hydrogen-bond acceptors (Lipinski definition) is 7. The Morgan fingerprint density at radius 1 is 1.36 bits per heavy atom. The molecule has 0 fully saturated rings. The molecular formula is C14H17NO7. The molecule has 0 saturated heterocycles. The number of benzene rings is 1. The molecular weight excluding hydrogens is 294 g/mol. The average Bonchev–Trinajstić information content (AvgIpc) is 2.46. The second-order valence-electron chi connectivity index (χ2n) is 4.32. The molecule has 0 amide bonds. The van der Waals surface area contributed by atoms with Gasteiger partial charge in [-0.05, 0) is 18.6 Å². The fourth-order valence-corrected chi connectivity index (χ4v) is 1.83. The van der Waals surface area contributed by atoms with Crippen molar-refractivity contribution in [3.05, 3.63) is 33.9 Å². The van der Waals surface area contributed by atoms with Crippen molar-refractivity contribution in [3.63, 3.8) is 0 Å². The van der Waals surface area contributed by atoms with Gasteiger partial charge in [0.05, 0.1) is 18.6 Å². The monoisotopic (exact) mass is 311 g/mol. The molecule has 8 heteroatoms. The molecule has 0 aliphatic carbocycles. The van der Waals surface area contributed by atoms with Gasteiger partial charge in [-0.25, -0.2) is 4.79 Å². The molecule has 0 aliphatic rings. The van der Waals surface area contributed by atoms with Crippen LogP contribution in [0.25, 0.3) is 0 Å². The van der Waals surface area contributed by atoms with Crippen molar-refractivity contribution in [1.82, 2.24) is 0 Å². The summed E-state index contributed by atoms with van der Waals surface area (Å²) in [7, 11) is 1.32. The van der Waals surface area contributed by atoms with Crippen LogP contribution in [0.4, 0.5) is 5.69 Å². The zero-order chi connectivity index (χ0) is 16.7. The highest BCUT2D eigenvalue weighted by molar-refractivity contribution is 5.79. The van der Waals surface area contributed by atoms with Crippen LogP contribution in [0.2, 0.25) is 0 Å². The Hall–Kier alpha value is -2.64. The highest BCUT2D eigenvalue weighted by Crippen LogP contribution is 2.28. The van der Waals surface area contributed by atoms with Crippen molar-refractivity contribution in [1.29, 1.82) is 0 Å². The molecule has 0 N–H and O–H groups in total. The molecule has 0 aromatic heterocycles. The third kappa shape index (κ3) is 4.72. The first kappa shape index (κ1) is 17.4. The van der Waals surface area contributed by atoms with Gasteiger partial charge in [0.15, 0.2) is 5.75 Å². The summed E-state index contributed by atoms with van der Waals surface area (Å²) in [5, 5.41) is 11.0. The summed E-state index contributed by atoms with van der Waals surface area (Å²) in [6, 6.07) is 4.25. The lowest BCUT2D eigenvalue weighted by Gasteiger charge is -2.15. The molecule has 120 valence electrons. The zero-order valence-electron chi connectivity index (χ0n) is 12.5. The zero-order valence-corrected chi connectivity index (χ0v) is 12.5. The van der Waals surface area contributed by atoms with E-state index in [0.717, 1.165) is 0 Å². The largest absolute Gasteiger partial charge is 0.490 e. The van der Waals surface area contributed by atoms with Crippen LogP contribution in [0.3, 0.4) is 0 Å². The van der Waals surface area contributed by atoms with Gasteiger partial charge in [-0.1, -0.05) is 6.07 Å². The van der Waals surface area contributed by atoms with E-state index in [0.29, 0.717) is 5.56 Å². The van der Waals surface area contributed by atoms with Gasteiger partial charge in [0.2, 0.25) is 6.10 Å². The summed E-state index contributed by atoms with van der Waals surface area (Å²) in [4.78, 5) is 33.2. The Morgan fingerprint density at radius 3 is 2.55 bits per heavy atom. The van der Waals surface area contributed by atoms with Crippen LogP contribution in [0.5, 0.6) is 5.75 Å². The van der Waals surface area contributed by atoms with Crippen LogP contribution >= 0.6 is 0 Å². The standard InChI is InChI=1S/C14H17NO7/c1-4-21-14(17)13(22-9(2)16)8-10-5-6-12(20-3)11(7-10)15(18)19/h5-7,13H,4,8H2,1-3H3. The van der Waals surface area contributed by atoms with E-state index in [2.05, 4.69) is 0 Å². The van der Waals surface area contributed by atoms with Crippen LogP contribution in [-0.4, -0.2) is 36.7 Å². The number of methoxy groups -OCH3 is 1. The van der Waals surface area contributed by atoms with Crippen LogP contribution < -0.4 is 4.74 Å². The Labute approximate surface area is 127 Å². The number of esters is 2. The normalized spacial score (nSPS) is 11.4. The number of ether oxygens (including phenoxy) is 3. The van der Waals surface area contributed by atoms with Crippen molar-refractivity contribution in [2.45, 2.75) is 26.4 Å². The summed E-state index contributed by atoms with van der Waals surface area (Å²) in [6.45, 7) is 2.93. The first-order valence-electron chi connectivity index (χ1n) is 6.54. The van der Waals surface area contributed by atoms with Crippen LogP contribution in [0.15, 0.2) is 18.2 Å². The van der Waals surface area contributed by atoms with Gasteiger partial charge in [-0.15, -0.1) is 0 Å². The molecule has 0 spiro atoms. The first-order valence-corrected chi connectivity index (χ1v) is 6.54. The minimum Gasteiger partial charge on any atom is -0.490 e. The maximum atomic E-state index is 11.8. The van der Waals surface area contributed by atoms with Crippen LogP contribution in [0, 0.1) is 10.1 Å². The van der Waals surface area contributed by atoms with E-state index >= 15 is 0 Å². The van der Waals surface area contributed by atoms with Crippen molar-refractivity contribution >= 4 is 17.6 Å². The van der Waals surface area contributed by atoms with E-state index in [9.17, 15) is 19.7 Å². The Balaban J connectivity index is 3.02. The fourth-order valence-electron chi connectivity index (χ4n) is 1.83. The van der Waals surface area contributed by atoms with E-state index in [1.807, 2.05) is 0 Å². The number of carbonyl (C=O) groups is 2. The highest BCUT2D eigenvalue weighted by Gasteiger charge is 2.25. The molecule has 0 bridgehead atoms. The number of nitrogens with zero attached hydrogens (tertiary/aromatic N) is 1. The van der Waals surface area contributed by atoms with Crippen LogP contribution in [0.1, 0.15) is 19.4 Å². The molecule has 1 rings (SSSR count). The van der Waals surface area contributed by atoms with Gasteiger partial charge in [0.25, 0.3) is 0 Å². The third-order valence-electron chi connectivity index (χ3n) is 2.72. The average molecular weight is 311 g/mol. The van der Waals surface area contributed by atoms with E-state index in [4.69, 9.17) is 14.2 Å². The molecule has 1 aromatic carbocycles. The minimum atomic E-state index is -1.15. The lowest BCUT2D eigenvalue weighted by molar-refractivity contribution is -0.385. The Bertz CT molecular complexity index is 570. The Morgan fingerprint density at radius 2 is 2.05 bits per heavy atom. The fraction of sp³-hybridized carbons (Fsp3) is 0.429. The summed E-state index contributed by atoms with van der Waals surface area (Å²) < 4.78 is 14.6. The van der Waals surface area contributed by atoms with Crippen molar-refractivity contribution < 1.29 is 28.7 Å². The van der Waals surface area contributed by atoms with E-state index in [-0.39, 0.29) is 24.5 Å². The molecule has 0 saturated carbocycles. The van der Waals surface area contributed by atoms with Crippen molar-refractivity contribution in [3.8, 4) is 5.75 Å². The lowest BCUT2D eigenvalue weighted by Crippen LogP contribution is -2.30. The van der Waals surface area contributed by atoms with Gasteiger partial charge >= 0.3 is 17.6 Å². The maximum Gasteiger partial charge on any atom is 0.347 e. The van der Waals surface area contributed by atoms with E-state index in [1.54, 1.807) is 13.0 Å². The summed E-state index contributed by atoms with van der Waals surface area (Å²) >= 11 is 0. The number of carbonyl (C=O) groups excluding carboxylic acids is 2. The van der Waals surface area contributed by atoms with Crippen molar-refractivity contribution in [2.24, 2.45) is 0 Å². The number of nitro benzene ring substituents is 1. The van der Waals surface area contributed by atoms with Gasteiger partial charge in [0.1, 0.15) is 0 Å². The topological polar surface area (TPSA) is 105 Å². The summed E-state index contributed by atoms with van der Waals surface area (Å²) in [5.41, 5.74) is 0.220. The molecule has 8 nitrogen and oxygen atoms in total. The maximum absolute atomic E-state index is 11.8. The Kier molecular flexibility index (Phi) is 6.30. The molecule has 0 radical (unpaired) electrons. The molecule has 1 atom stereocenters. The number of hydrogen-bond donors (Lipinski definition) is 0. The molecule has 0 heterocycles. The second kappa shape index (κ2) is 7.96. The predicted octanol–water partition coefficient (Wildman–Crippen LogP) is 1.64. The summed E-state index contributed by atoms with van der Waals surface area (Å²) in [6.07, 6.45) is -1.17. The lowest BCUT2D eigenvalue weighted by atomic mass is 10.1. The third-order valence-corrected chi connectivity index (χ3v) is 2.72. The van der Waals surface area contributed by atoms with Gasteiger partial charge < -0.3 is 14.2 Å². The van der Waals surface area contributed by atoms with Gasteiger partial charge in [-0.3, -0.25) is 14.9 Å². The second-order valence-corrected chi connectivity index (χ2v) is 4.32. The molecule has 22 heavy (non-hydrogen) atoms. The van der Waals surface area contributed by atoms with Crippen molar-refractivity contribution in [2.75, 3.05) is 13.7 Å². The van der Waals surface area contributed by atoms with E-state index < -0.39 is 23.0 Å². The molecule has 1 unspecified atom stereocenters. The summed E-state index contributed by atoms with van der Waals surface area (Å²) in [5.74, 6) is -1.23. The molecule has 1 aromatic rings. The predicted molar refractivity (Wildman–Crippen MR) is 75.5 cm³/mol. The first-order chi connectivity index (χ1) is 10.4. The highest BCUT2D eigenvalue weighted by atomic mass is 16.6. The van der Waals surface area contributed by atoms with Gasteiger partial charge in [-0.2, -0.15) is 0 Å². The number of rotatable bonds is 7. The van der Waals surface area contributed by atoms with E-state index in [1.165, 1.54) is 26.2 Å². The minimum absolute atomic E-state index is 0.0246. The van der Waals surface area contributed by atoms with Gasteiger partial charge in [0, 0.05) is 19.4 Å². The quantitative estimate of drug-likeness (QED) is 0.428. The SMILES string of the molecule is CCOC(=O)C(Cc1ccc(OC)c([N+](=O)[O-])c1)OC(C)=O. The molecule has 0 aliphatic heterocycles. The smallest absolute Gasteiger partial charge is 0.347 e. The van der Waals surface area contributed by atoms with Crippen LogP contribution in [-0.2, 0) is 25.5 Å².